The second-order valence-electron chi connectivity index (χ2n) is 4.06. The van der Waals surface area contributed by atoms with Crippen LogP contribution in [0.4, 0.5) is 5.69 Å². The van der Waals surface area contributed by atoms with Crippen molar-refractivity contribution in [2.45, 2.75) is 20.0 Å². The Bertz CT molecular complexity index is 555. The highest BCUT2D eigenvalue weighted by molar-refractivity contribution is 5.67. The Hall–Kier alpha value is -2.64. The van der Waals surface area contributed by atoms with Crippen molar-refractivity contribution in [2.24, 2.45) is 0 Å². The van der Waals surface area contributed by atoms with Gasteiger partial charge in [-0.1, -0.05) is 12.1 Å². The number of carbonyl (C=O) groups is 2. The average molecular weight is 297 g/mol. The molecule has 0 N–H and O–H groups in total. The highest BCUT2D eigenvalue weighted by Crippen LogP contribution is 2.36. The van der Waals surface area contributed by atoms with E-state index in [2.05, 4.69) is 0 Å². The minimum absolute atomic E-state index is 0.0408. The van der Waals surface area contributed by atoms with Gasteiger partial charge in [-0.25, -0.2) is 0 Å². The smallest absolute Gasteiger partial charge is 0.311 e. The molecular weight excluding hydrogens is 282 g/mol. The van der Waals surface area contributed by atoms with Gasteiger partial charge in [0.15, 0.2) is 6.10 Å². The molecule has 0 radical (unpaired) electrons. The minimum Gasteiger partial charge on any atom is -0.490 e. The summed E-state index contributed by atoms with van der Waals surface area (Å²) in [6.45, 7) is 2.13. The Balaban J connectivity index is 3.22. The lowest BCUT2D eigenvalue weighted by Gasteiger charge is -2.19. The molecule has 0 bridgehead atoms. The van der Waals surface area contributed by atoms with Crippen molar-refractivity contribution in [3.8, 4) is 5.75 Å². The summed E-state index contributed by atoms with van der Waals surface area (Å²) in [5.41, 5.74) is -0.0156. The second-order valence-corrected chi connectivity index (χ2v) is 4.06. The summed E-state index contributed by atoms with van der Waals surface area (Å²) in [5, 5.41) is 11.0. The van der Waals surface area contributed by atoms with E-state index in [0.29, 0.717) is 0 Å². The molecule has 21 heavy (non-hydrogen) atoms. The molecule has 0 fully saturated rings. The van der Waals surface area contributed by atoms with Gasteiger partial charge in [0.2, 0.25) is 5.75 Å². The number of nitro groups is 1. The number of nitrogens with zero attached hydrogens (tertiary/aromatic N) is 1. The summed E-state index contributed by atoms with van der Waals surface area (Å²) in [7, 11) is 1.27. The molecule has 1 rings (SSSR count). The molecule has 0 amide bonds. The van der Waals surface area contributed by atoms with Gasteiger partial charge >= 0.3 is 17.6 Å². The molecule has 1 aromatic carbocycles. The largest absolute Gasteiger partial charge is 0.490 e. The first-order valence-corrected chi connectivity index (χ1v) is 5.98. The van der Waals surface area contributed by atoms with E-state index >= 15 is 0 Å². The number of ether oxygens (including phenoxy) is 3. The first-order chi connectivity index (χ1) is 9.86. The van der Waals surface area contributed by atoms with Crippen molar-refractivity contribution in [2.75, 3.05) is 13.7 Å². The van der Waals surface area contributed by atoms with Crippen molar-refractivity contribution in [3.63, 3.8) is 0 Å². The molecule has 1 aromatic rings. The lowest BCUT2D eigenvalue weighted by Crippen LogP contribution is -2.17. The first kappa shape index (κ1) is 16.4. The van der Waals surface area contributed by atoms with E-state index in [1.807, 2.05) is 0 Å². The second kappa shape index (κ2) is 7.22. The summed E-state index contributed by atoms with van der Waals surface area (Å²) in [6, 6.07) is 4.20. The lowest BCUT2D eigenvalue weighted by molar-refractivity contribution is -0.385. The van der Waals surface area contributed by atoms with Gasteiger partial charge in [-0.15, -0.1) is 0 Å². The number of nitro benzene ring substituents is 1. The SMILES string of the molecule is COc1c([C@@H](COC(C)=O)OC(C)=O)cccc1[N+](=O)[O-]. The zero-order valence-corrected chi connectivity index (χ0v) is 11.8. The van der Waals surface area contributed by atoms with E-state index in [0.717, 1.165) is 0 Å². The van der Waals surface area contributed by atoms with Crippen LogP contribution in [-0.4, -0.2) is 30.6 Å². The third kappa shape index (κ3) is 4.44. The fourth-order valence-corrected chi connectivity index (χ4v) is 1.74. The molecule has 0 unspecified atom stereocenters. The van der Waals surface area contributed by atoms with Crippen molar-refractivity contribution in [3.05, 3.63) is 33.9 Å². The maximum atomic E-state index is 11.2. The van der Waals surface area contributed by atoms with Crippen LogP contribution in [0, 0.1) is 10.1 Å². The van der Waals surface area contributed by atoms with Crippen molar-refractivity contribution < 1.29 is 28.7 Å². The zero-order chi connectivity index (χ0) is 16.0. The van der Waals surface area contributed by atoms with Gasteiger partial charge in [-0.05, 0) is 0 Å². The minimum atomic E-state index is -0.985. The van der Waals surface area contributed by atoms with Crippen LogP contribution < -0.4 is 4.74 Å². The summed E-state index contributed by atoms with van der Waals surface area (Å²) in [5.74, 6) is -1.21. The van der Waals surface area contributed by atoms with Gasteiger partial charge in [0.05, 0.1) is 12.0 Å². The van der Waals surface area contributed by atoms with Crippen LogP contribution >= 0.6 is 0 Å². The number of benzene rings is 1. The molecule has 114 valence electrons. The van der Waals surface area contributed by atoms with E-state index in [9.17, 15) is 19.7 Å². The molecule has 0 heterocycles. The predicted molar refractivity (Wildman–Crippen MR) is 70.8 cm³/mol. The third-order valence-corrected chi connectivity index (χ3v) is 2.52. The number of hydrogen-bond donors (Lipinski definition) is 0. The van der Waals surface area contributed by atoms with Crippen LogP contribution in [-0.2, 0) is 19.1 Å². The number of hydrogen-bond acceptors (Lipinski definition) is 7. The molecule has 0 saturated carbocycles. The monoisotopic (exact) mass is 297 g/mol. The molecule has 0 aliphatic carbocycles. The van der Waals surface area contributed by atoms with Crippen LogP contribution in [0.15, 0.2) is 18.2 Å². The molecule has 0 aromatic heterocycles. The average Bonchev–Trinajstić information content (AvgIpc) is 2.41. The molecule has 0 aliphatic rings. The van der Waals surface area contributed by atoms with Crippen LogP contribution in [0.25, 0.3) is 0 Å². The quantitative estimate of drug-likeness (QED) is 0.447. The highest BCUT2D eigenvalue weighted by atomic mass is 16.6. The van der Waals surface area contributed by atoms with Crippen LogP contribution in [0.2, 0.25) is 0 Å². The zero-order valence-electron chi connectivity index (χ0n) is 11.8. The normalized spacial score (nSPS) is 11.4. The number of rotatable bonds is 6. The standard InChI is InChI=1S/C13H15NO7/c1-8(15)20-7-12(21-9(2)16)10-5-4-6-11(14(17)18)13(10)19-3/h4-6,12H,7H2,1-3H3/t12-/m1/s1. The summed E-state index contributed by atoms with van der Waals surface area (Å²) in [6.07, 6.45) is -0.985. The van der Waals surface area contributed by atoms with Crippen molar-refractivity contribution >= 4 is 17.6 Å². The summed E-state index contributed by atoms with van der Waals surface area (Å²) in [4.78, 5) is 32.4. The number of methoxy groups -OCH3 is 1. The van der Waals surface area contributed by atoms with Crippen molar-refractivity contribution in [1.29, 1.82) is 0 Å². The molecule has 0 spiro atoms. The highest BCUT2D eigenvalue weighted by Gasteiger charge is 2.26. The van der Waals surface area contributed by atoms with E-state index in [1.165, 1.54) is 39.2 Å². The summed E-state index contributed by atoms with van der Waals surface area (Å²) >= 11 is 0. The predicted octanol–water partition coefficient (Wildman–Crippen LogP) is 1.77. The third-order valence-electron chi connectivity index (χ3n) is 2.52. The summed E-state index contributed by atoms with van der Waals surface area (Å²) < 4.78 is 14.9. The number of para-hydroxylation sites is 1. The van der Waals surface area contributed by atoms with Gasteiger partial charge in [0.1, 0.15) is 6.61 Å². The molecule has 1 atom stereocenters. The lowest BCUT2D eigenvalue weighted by atomic mass is 10.1. The van der Waals surface area contributed by atoms with Gasteiger partial charge < -0.3 is 14.2 Å². The van der Waals surface area contributed by atoms with E-state index in [-0.39, 0.29) is 23.6 Å². The Morgan fingerprint density at radius 3 is 2.43 bits per heavy atom. The van der Waals surface area contributed by atoms with Gasteiger partial charge in [-0.2, -0.15) is 0 Å². The van der Waals surface area contributed by atoms with Gasteiger partial charge in [0.25, 0.3) is 0 Å². The molecule has 8 nitrogen and oxygen atoms in total. The van der Waals surface area contributed by atoms with E-state index in [4.69, 9.17) is 14.2 Å². The Labute approximate surface area is 120 Å². The van der Waals surface area contributed by atoms with Gasteiger partial charge in [-0.3, -0.25) is 19.7 Å². The fraction of sp³-hybridized carbons (Fsp3) is 0.385. The van der Waals surface area contributed by atoms with E-state index in [1.54, 1.807) is 0 Å². The molecular formula is C13H15NO7. The Kier molecular flexibility index (Phi) is 5.65. The van der Waals surface area contributed by atoms with Crippen LogP contribution in [0.3, 0.4) is 0 Å². The maximum absolute atomic E-state index is 11.2. The van der Waals surface area contributed by atoms with Crippen LogP contribution in [0.1, 0.15) is 25.5 Å². The molecule has 8 heteroatoms. The van der Waals surface area contributed by atoms with Gasteiger partial charge in [0, 0.05) is 25.5 Å². The maximum Gasteiger partial charge on any atom is 0.311 e. The Morgan fingerprint density at radius 2 is 1.95 bits per heavy atom. The number of esters is 2. The van der Waals surface area contributed by atoms with E-state index < -0.39 is 23.0 Å². The molecule has 0 aliphatic heterocycles. The topological polar surface area (TPSA) is 105 Å². The number of carbonyl (C=O) groups excluding carboxylic acids is 2. The van der Waals surface area contributed by atoms with Crippen molar-refractivity contribution in [1.82, 2.24) is 0 Å². The fourth-order valence-electron chi connectivity index (χ4n) is 1.74. The first-order valence-electron chi connectivity index (χ1n) is 5.98. The Morgan fingerprint density at radius 1 is 1.29 bits per heavy atom. The van der Waals surface area contributed by atoms with Crippen LogP contribution in [0.5, 0.6) is 5.75 Å². The molecule has 0 saturated heterocycles.